The number of thioether (sulfide) groups is 1. The molecule has 6 rings (SSSR count). The first-order chi connectivity index (χ1) is 24.6. The summed E-state index contributed by atoms with van der Waals surface area (Å²) in [5.41, 5.74) is 0.658. The van der Waals surface area contributed by atoms with Crippen molar-refractivity contribution >= 4 is 66.9 Å². The first-order valence-corrected chi connectivity index (χ1v) is 20.3. The molecular weight excluding hydrogens is 750 g/mol. The van der Waals surface area contributed by atoms with E-state index in [2.05, 4.69) is 0 Å². The van der Waals surface area contributed by atoms with Crippen molar-refractivity contribution in [3.05, 3.63) is 135 Å². The first kappa shape index (κ1) is 38.5. The topological polar surface area (TPSA) is 178 Å². The highest BCUT2D eigenvalue weighted by Crippen LogP contribution is 2.50. The molecule has 4 aromatic rings. The fourth-order valence-electron chi connectivity index (χ4n) is 5.77. The predicted molar refractivity (Wildman–Crippen MR) is 194 cm³/mol. The fraction of sp³-hybridized carbons (Fsp3) is 0.189. The average molecular weight is 782 g/mol. The van der Waals surface area contributed by atoms with Gasteiger partial charge in [-0.1, -0.05) is 78.0 Å². The molecule has 270 valence electrons. The molecule has 2 N–H and O–H groups in total. The second kappa shape index (κ2) is 16.3. The lowest BCUT2D eigenvalue weighted by molar-refractivity contribution is -0.119. The summed E-state index contributed by atoms with van der Waals surface area (Å²) in [6.07, 6.45) is 2.41. The maximum Gasteiger partial charge on any atom is 0.421 e. The van der Waals surface area contributed by atoms with Gasteiger partial charge in [-0.25, -0.2) is 31.1 Å². The van der Waals surface area contributed by atoms with Gasteiger partial charge in [0.25, 0.3) is 10.0 Å². The monoisotopic (exact) mass is 781 g/mol. The summed E-state index contributed by atoms with van der Waals surface area (Å²) in [5, 5.41) is 9.53. The number of hydrogen-bond acceptors (Lipinski definition) is 10. The van der Waals surface area contributed by atoms with E-state index in [4.69, 9.17) is 21.4 Å². The summed E-state index contributed by atoms with van der Waals surface area (Å²) in [7, 11) is -7.81. The molecule has 1 fully saturated rings. The third-order valence-corrected chi connectivity index (χ3v) is 12.3. The lowest BCUT2D eigenvalue weighted by Crippen LogP contribution is -2.32. The van der Waals surface area contributed by atoms with Crippen molar-refractivity contribution in [3.8, 4) is 0 Å². The third-order valence-electron chi connectivity index (χ3n) is 8.30. The van der Waals surface area contributed by atoms with Crippen LogP contribution in [0.15, 0.2) is 128 Å². The predicted octanol–water partition coefficient (Wildman–Crippen LogP) is 6.97. The smallest absolute Gasteiger partial charge is 0.421 e. The minimum atomic E-state index is -4.37. The molecule has 0 aromatic heterocycles. The number of carbonyl (C=O) groups is 4. The quantitative estimate of drug-likeness (QED) is 0.125. The highest BCUT2D eigenvalue weighted by atomic mass is 35.5. The number of aromatic carboxylic acids is 1. The standard InChI is InChI=1S/C22H20O4S2.C15H12ClNO6S/c1-28(25,26)18-9-5-6-14(13-18)20(23)19-21(24)15-10-11-16(12-15)22(19)27-17-7-3-2-4-8-17;16-11-7-5-10(6-8-11)9-23-15(20)17-24(21,22)13-4-2-1-3-12(13)14(18)19/h2-9,13,15-16H,10-12H2,1H3;1-8H,9H2,(H,17,20)(H,18,19)/t15-,16+;/m0./s1. The van der Waals surface area contributed by atoms with Gasteiger partial charge < -0.3 is 9.84 Å². The number of sulfonamides is 1. The second-order valence-electron chi connectivity index (χ2n) is 12.0. The van der Waals surface area contributed by atoms with E-state index in [-0.39, 0.29) is 46.0 Å². The van der Waals surface area contributed by atoms with Crippen LogP contribution in [-0.4, -0.2) is 51.8 Å². The summed E-state index contributed by atoms with van der Waals surface area (Å²) in [6.45, 7) is -0.168. The highest BCUT2D eigenvalue weighted by Gasteiger charge is 2.43. The molecule has 0 heterocycles. The Morgan fingerprint density at radius 2 is 1.52 bits per heavy atom. The Kier molecular flexibility index (Phi) is 12.0. The highest BCUT2D eigenvalue weighted by molar-refractivity contribution is 8.03. The Balaban J connectivity index is 0.000000204. The van der Waals surface area contributed by atoms with Gasteiger partial charge in [-0.2, -0.15) is 0 Å². The number of ether oxygens (including phenoxy) is 1. The van der Waals surface area contributed by atoms with Crippen LogP contribution in [0.4, 0.5) is 4.79 Å². The van der Waals surface area contributed by atoms with Gasteiger partial charge in [-0.05, 0) is 79.3 Å². The van der Waals surface area contributed by atoms with Crippen LogP contribution in [0.1, 0.15) is 45.5 Å². The maximum atomic E-state index is 13.3. The van der Waals surface area contributed by atoms with E-state index >= 15 is 0 Å². The van der Waals surface area contributed by atoms with E-state index in [9.17, 15) is 36.0 Å². The number of nitrogens with one attached hydrogen (secondary N) is 1. The summed E-state index contributed by atoms with van der Waals surface area (Å²) < 4.78 is 54.5. The molecule has 4 aromatic carbocycles. The van der Waals surface area contributed by atoms with Crippen LogP contribution in [0.3, 0.4) is 0 Å². The lowest BCUT2D eigenvalue weighted by Gasteiger charge is -2.24. The first-order valence-electron chi connectivity index (χ1n) is 15.8. The second-order valence-corrected chi connectivity index (χ2v) is 17.2. The summed E-state index contributed by atoms with van der Waals surface area (Å²) in [5.74, 6) is -1.77. The van der Waals surface area contributed by atoms with Crippen molar-refractivity contribution in [1.82, 2.24) is 4.72 Å². The van der Waals surface area contributed by atoms with Gasteiger partial charge in [0.2, 0.25) is 0 Å². The molecule has 2 aliphatic rings. The zero-order chi connectivity index (χ0) is 37.6. The number of carbonyl (C=O) groups excluding carboxylic acids is 3. The maximum absolute atomic E-state index is 13.3. The molecule has 11 nitrogen and oxygen atoms in total. The molecule has 52 heavy (non-hydrogen) atoms. The van der Waals surface area contributed by atoms with Crippen LogP contribution in [0, 0.1) is 11.8 Å². The number of benzene rings is 4. The molecule has 2 aliphatic carbocycles. The number of ketones is 2. The van der Waals surface area contributed by atoms with E-state index in [1.807, 2.05) is 30.3 Å². The van der Waals surface area contributed by atoms with Crippen molar-refractivity contribution in [1.29, 1.82) is 0 Å². The Bertz CT molecular complexity index is 2270. The Morgan fingerprint density at radius 3 is 2.19 bits per heavy atom. The van der Waals surface area contributed by atoms with Crippen molar-refractivity contribution in [2.45, 2.75) is 40.6 Å². The van der Waals surface area contributed by atoms with Crippen molar-refractivity contribution < 1.29 is 45.9 Å². The molecule has 2 bridgehead atoms. The van der Waals surface area contributed by atoms with Crippen LogP contribution < -0.4 is 4.72 Å². The summed E-state index contributed by atoms with van der Waals surface area (Å²) in [6, 6.07) is 27.0. The van der Waals surface area contributed by atoms with Crippen LogP contribution in [0.2, 0.25) is 5.02 Å². The largest absolute Gasteiger partial charge is 0.478 e. The molecule has 0 saturated heterocycles. The number of amides is 1. The molecule has 0 unspecified atom stereocenters. The van der Waals surface area contributed by atoms with Crippen LogP contribution >= 0.6 is 23.4 Å². The van der Waals surface area contributed by atoms with Crippen molar-refractivity contribution in [2.24, 2.45) is 11.8 Å². The van der Waals surface area contributed by atoms with Gasteiger partial charge in [-0.15, -0.1) is 0 Å². The fourth-order valence-corrected chi connectivity index (χ4v) is 8.88. The molecule has 1 saturated carbocycles. The van der Waals surface area contributed by atoms with Crippen LogP contribution in [0.25, 0.3) is 0 Å². The van der Waals surface area contributed by atoms with Gasteiger partial charge in [-0.3, -0.25) is 9.59 Å². The Hall–Kier alpha value is -4.76. The van der Waals surface area contributed by atoms with Gasteiger partial charge in [0.1, 0.15) is 11.5 Å². The van der Waals surface area contributed by atoms with E-state index in [0.29, 0.717) is 10.6 Å². The molecule has 1 amide bonds. The average Bonchev–Trinajstić information content (AvgIpc) is 3.57. The molecule has 0 spiro atoms. The van der Waals surface area contributed by atoms with Gasteiger partial charge in [0.05, 0.1) is 16.0 Å². The number of halogens is 1. The molecule has 0 aliphatic heterocycles. The van der Waals surface area contributed by atoms with Gasteiger partial charge in [0.15, 0.2) is 21.4 Å². The van der Waals surface area contributed by atoms with Gasteiger partial charge >= 0.3 is 12.1 Å². The third kappa shape index (κ3) is 9.36. The van der Waals surface area contributed by atoms with E-state index in [1.165, 1.54) is 36.0 Å². The minimum Gasteiger partial charge on any atom is -0.478 e. The lowest BCUT2D eigenvalue weighted by atomic mass is 9.84. The minimum absolute atomic E-state index is 0.0856. The number of carboxylic acid groups (broad SMARTS) is 1. The van der Waals surface area contributed by atoms with E-state index < -0.39 is 42.4 Å². The van der Waals surface area contributed by atoms with Crippen LogP contribution in [-0.2, 0) is 36.0 Å². The zero-order valence-corrected chi connectivity index (χ0v) is 30.7. The normalized spacial score (nSPS) is 16.8. The Morgan fingerprint density at radius 1 is 0.865 bits per heavy atom. The number of rotatable bonds is 10. The van der Waals surface area contributed by atoms with E-state index in [0.717, 1.165) is 47.5 Å². The SMILES string of the molecule is CS(=O)(=O)c1cccc(C(=O)C2=C(Sc3ccccc3)[C@@H]3CC[C@@H](C3)C2=O)c1.O=C(NS(=O)(=O)c1ccccc1C(=O)O)OCc1ccc(Cl)cc1. The molecular formula is C37H32ClNO10S3. The van der Waals surface area contributed by atoms with Crippen LogP contribution in [0.5, 0.6) is 0 Å². The van der Waals surface area contributed by atoms with E-state index in [1.54, 1.807) is 41.1 Å². The number of sulfone groups is 1. The Labute approximate surface area is 310 Å². The van der Waals surface area contributed by atoms with Crippen molar-refractivity contribution in [3.63, 3.8) is 0 Å². The summed E-state index contributed by atoms with van der Waals surface area (Å²) >= 11 is 7.21. The number of allylic oxidation sites excluding steroid dienone is 2. The summed E-state index contributed by atoms with van der Waals surface area (Å²) in [4.78, 5) is 50.5. The zero-order valence-electron chi connectivity index (χ0n) is 27.5. The number of hydrogen-bond donors (Lipinski definition) is 2. The number of Topliss-reactive ketones (excluding diaryl/α,β-unsaturated/α-hetero) is 2. The number of carboxylic acids is 1. The molecule has 0 radical (unpaired) electrons. The van der Waals surface area contributed by atoms with Gasteiger partial charge in [0, 0.05) is 32.6 Å². The number of fused-ring (bicyclic) bond motifs is 2. The molecule has 2 atom stereocenters. The van der Waals surface area contributed by atoms with Crippen molar-refractivity contribution in [2.75, 3.05) is 6.26 Å². The molecule has 15 heteroatoms.